The molecule has 5 aromatic carbocycles. The third-order valence-corrected chi connectivity index (χ3v) is 16.7. The van der Waals surface area contributed by atoms with Crippen molar-refractivity contribution in [1.82, 2.24) is 25.5 Å². The number of halogens is 1. The lowest BCUT2D eigenvalue weighted by atomic mass is 9.80. The molecule has 0 bridgehead atoms. The number of oxime groups is 1. The predicted molar refractivity (Wildman–Crippen MR) is 302 cm³/mol. The number of thiazole rings is 1. The first kappa shape index (κ1) is 53.7. The standard InChI is InChI=1S/C57H52ClN7O7S4/c1-56(2,3)71-55(69)61-31-32-73-34-38-33-60-30-29-42(38)75-43-35-74-52-46(51(67)65(52)47(43)53(68)70-48(36-19-9-4-10-20-36)37-21-11-5-12-22-37)62-50(66)45(44-49(58)76-54(59)63-44)64-72-57(39-23-13-6-14-24-39,40-25-15-7-16-26-40)41-27-17-8-18-28-41/h4-30,33,46,48,52H,31-32,34-35H2,1-3H3,(H2,59,63)(H,61,69)(H,62,66)/b64-45-/t46-,52+/m1/s1. The van der Waals surface area contributed by atoms with E-state index in [1.54, 1.807) is 24.2 Å². The topological polar surface area (TPSA) is 187 Å². The second-order valence-electron chi connectivity index (χ2n) is 18.3. The Balaban J connectivity index is 1.03. The summed E-state index contributed by atoms with van der Waals surface area (Å²) < 4.78 is 11.9. The van der Waals surface area contributed by atoms with E-state index in [1.807, 2.05) is 178 Å². The van der Waals surface area contributed by atoms with Gasteiger partial charge in [0.25, 0.3) is 11.8 Å². The van der Waals surface area contributed by atoms with Gasteiger partial charge in [-0.3, -0.25) is 19.5 Å². The summed E-state index contributed by atoms with van der Waals surface area (Å²) in [4.78, 5) is 75.4. The van der Waals surface area contributed by atoms with Crippen molar-refractivity contribution in [1.29, 1.82) is 0 Å². The number of alkyl carbamates (subject to hydrolysis) is 1. The highest BCUT2D eigenvalue weighted by Gasteiger charge is 2.55. The number of benzene rings is 5. The quantitative estimate of drug-likeness (QED) is 0.0174. The van der Waals surface area contributed by atoms with E-state index >= 15 is 4.79 Å². The van der Waals surface area contributed by atoms with Crippen molar-refractivity contribution >= 4 is 92.9 Å². The lowest BCUT2D eigenvalue weighted by Gasteiger charge is -2.49. The van der Waals surface area contributed by atoms with E-state index in [0.717, 1.165) is 49.6 Å². The molecule has 19 heteroatoms. The lowest BCUT2D eigenvalue weighted by Crippen LogP contribution is -2.71. The van der Waals surface area contributed by atoms with Gasteiger partial charge in [0.2, 0.25) is 5.60 Å². The summed E-state index contributed by atoms with van der Waals surface area (Å²) in [5, 5.41) is 9.67. The molecular formula is C57H52ClN7O7S4. The average Bonchev–Trinajstić information content (AvgIpc) is 3.79. The molecule has 14 nitrogen and oxygen atoms in total. The normalized spacial score (nSPS) is 15.6. The van der Waals surface area contributed by atoms with Crippen molar-refractivity contribution in [3.05, 3.63) is 224 Å². The summed E-state index contributed by atoms with van der Waals surface area (Å²) in [6.45, 7) is 5.82. The summed E-state index contributed by atoms with van der Waals surface area (Å²) in [5.41, 5.74) is 8.39. The van der Waals surface area contributed by atoms with Gasteiger partial charge >= 0.3 is 12.1 Å². The highest BCUT2D eigenvalue weighted by molar-refractivity contribution is 8.06. The van der Waals surface area contributed by atoms with Gasteiger partial charge in [0, 0.05) is 62.7 Å². The van der Waals surface area contributed by atoms with E-state index in [2.05, 4.69) is 25.8 Å². The maximum absolute atomic E-state index is 15.0. The largest absolute Gasteiger partial charge is 0.448 e. The Morgan fingerprint density at radius 3 is 1.95 bits per heavy atom. The molecule has 388 valence electrons. The third-order valence-electron chi connectivity index (χ3n) is 12.0. The zero-order valence-corrected chi connectivity index (χ0v) is 45.5. The number of carbonyl (C=O) groups is 4. The molecule has 0 aliphatic carbocycles. The zero-order chi connectivity index (χ0) is 53.2. The van der Waals surface area contributed by atoms with Crippen molar-refractivity contribution in [3.63, 3.8) is 0 Å². The number of carbonyl (C=O) groups excluding carboxylic acids is 4. The van der Waals surface area contributed by atoms with Gasteiger partial charge in [-0.25, -0.2) is 14.6 Å². The monoisotopic (exact) mass is 1110 g/mol. The van der Waals surface area contributed by atoms with Gasteiger partial charge in [0.05, 0.1) is 0 Å². The number of amides is 3. The number of nitrogens with one attached hydrogen (secondary N) is 2. The summed E-state index contributed by atoms with van der Waals surface area (Å²) in [7, 11) is 0. The number of nitrogens with two attached hydrogens (primary N) is 1. The Bertz CT molecular complexity index is 3100. The SMILES string of the molecule is CC(C)(C)OC(=O)NCCSCc1cnccc1SC1=C(C(=O)OC(c2ccccc2)c2ccccc2)N2C(=O)[C@@H](NC(=O)/C(=N\OC(c3ccccc3)(c3ccccc3)c3ccccc3)c3nc(N)sc3Cl)[C@@H]2SC1. The fourth-order valence-electron chi connectivity index (χ4n) is 8.54. The number of thioether (sulfide) groups is 3. The molecule has 2 aliphatic heterocycles. The first-order valence-corrected chi connectivity index (χ1v) is 28.3. The van der Waals surface area contributed by atoms with Crippen LogP contribution in [0.15, 0.2) is 191 Å². The summed E-state index contributed by atoms with van der Waals surface area (Å²) >= 11 is 12.1. The van der Waals surface area contributed by atoms with E-state index in [1.165, 1.54) is 28.4 Å². The van der Waals surface area contributed by atoms with Gasteiger partial charge in [-0.1, -0.05) is 192 Å². The van der Waals surface area contributed by atoms with Crippen LogP contribution in [0, 0.1) is 0 Å². The summed E-state index contributed by atoms with van der Waals surface area (Å²) in [6, 6.07) is 48.1. The molecule has 1 fully saturated rings. The maximum Gasteiger partial charge on any atom is 0.407 e. The molecule has 4 N–H and O–H groups in total. The van der Waals surface area contributed by atoms with Gasteiger partial charge < -0.3 is 30.7 Å². The fraction of sp³-hybridized carbons (Fsp3) is 0.211. The third kappa shape index (κ3) is 12.3. The molecule has 3 amide bonds. The van der Waals surface area contributed by atoms with Crippen LogP contribution in [0.4, 0.5) is 9.93 Å². The molecule has 2 aliphatic rings. The average molecular weight is 1110 g/mol. The number of hydrogen-bond donors (Lipinski definition) is 3. The van der Waals surface area contributed by atoms with E-state index in [0.29, 0.717) is 23.0 Å². The van der Waals surface area contributed by atoms with E-state index in [-0.39, 0.29) is 32.3 Å². The van der Waals surface area contributed by atoms with Crippen LogP contribution < -0.4 is 16.4 Å². The van der Waals surface area contributed by atoms with Gasteiger partial charge in [-0.15, -0.1) is 11.8 Å². The summed E-state index contributed by atoms with van der Waals surface area (Å²) in [6.07, 6.45) is 2.13. The Morgan fingerprint density at radius 1 is 0.842 bits per heavy atom. The molecule has 0 unspecified atom stereocenters. The van der Waals surface area contributed by atoms with Crippen molar-refractivity contribution in [2.75, 3.05) is 23.8 Å². The van der Waals surface area contributed by atoms with Crippen LogP contribution in [-0.4, -0.2) is 79.5 Å². The van der Waals surface area contributed by atoms with Crippen molar-refractivity contribution < 1.29 is 33.5 Å². The van der Waals surface area contributed by atoms with Crippen LogP contribution in [0.5, 0.6) is 0 Å². The Kier molecular flexibility index (Phi) is 17.2. The number of fused-ring (bicyclic) bond motifs is 1. The van der Waals surface area contributed by atoms with Gasteiger partial charge in [-0.2, -0.15) is 11.8 Å². The number of β-lactam (4-membered cyclic amide) rings is 1. The minimum absolute atomic E-state index is 0.0361. The second kappa shape index (κ2) is 24.3. The minimum atomic E-state index is -1.39. The Labute approximate surface area is 462 Å². The Morgan fingerprint density at radius 2 is 1.41 bits per heavy atom. The van der Waals surface area contributed by atoms with Crippen molar-refractivity contribution in [3.8, 4) is 0 Å². The molecule has 76 heavy (non-hydrogen) atoms. The molecule has 4 heterocycles. The number of nitrogen functional groups attached to an aromatic ring is 1. The van der Waals surface area contributed by atoms with Crippen molar-refractivity contribution in [2.45, 2.75) is 60.1 Å². The first-order chi connectivity index (χ1) is 36.8. The number of esters is 1. The number of hydrogen-bond acceptors (Lipinski definition) is 15. The van der Waals surface area contributed by atoms with Gasteiger partial charge in [0.15, 0.2) is 16.9 Å². The van der Waals surface area contributed by atoms with Gasteiger partial charge in [0.1, 0.15) is 32.7 Å². The fourth-order valence-corrected chi connectivity index (χ4v) is 13.0. The predicted octanol–water partition coefficient (Wildman–Crippen LogP) is 11.0. The lowest BCUT2D eigenvalue weighted by molar-refractivity contribution is -0.154. The molecular weight excluding hydrogens is 1060 g/mol. The van der Waals surface area contributed by atoms with E-state index < -0.39 is 52.6 Å². The molecule has 2 aromatic heterocycles. The number of aromatic nitrogens is 2. The number of pyridine rings is 1. The number of nitrogens with zero attached hydrogens (tertiary/aromatic N) is 4. The maximum atomic E-state index is 15.0. The second-order valence-corrected chi connectivity index (χ2v) is 23.3. The molecule has 1 saturated heterocycles. The first-order valence-electron chi connectivity index (χ1n) is 24.1. The van der Waals surface area contributed by atoms with Crippen LogP contribution in [-0.2, 0) is 40.0 Å². The molecule has 0 saturated carbocycles. The number of anilines is 1. The highest BCUT2D eigenvalue weighted by Crippen LogP contribution is 2.47. The molecule has 9 rings (SSSR count). The Hall–Kier alpha value is -7.09. The smallest absolute Gasteiger partial charge is 0.407 e. The van der Waals surface area contributed by atoms with Crippen LogP contribution in [0.3, 0.4) is 0 Å². The van der Waals surface area contributed by atoms with Crippen LogP contribution in [0.25, 0.3) is 0 Å². The molecule has 2 atom stereocenters. The summed E-state index contributed by atoms with van der Waals surface area (Å²) in [5.74, 6) is -0.664. The van der Waals surface area contributed by atoms with E-state index in [9.17, 15) is 14.4 Å². The van der Waals surface area contributed by atoms with Crippen molar-refractivity contribution in [2.24, 2.45) is 5.16 Å². The number of ether oxygens (including phenoxy) is 2. The van der Waals surface area contributed by atoms with E-state index in [4.69, 9.17) is 31.6 Å². The van der Waals surface area contributed by atoms with Crippen LogP contribution in [0.1, 0.15) is 65.9 Å². The minimum Gasteiger partial charge on any atom is -0.448 e. The van der Waals surface area contributed by atoms with Gasteiger partial charge in [-0.05, 0) is 43.5 Å². The van der Waals surface area contributed by atoms with Crippen LogP contribution >= 0.6 is 58.2 Å². The molecule has 0 radical (unpaired) electrons. The molecule has 0 spiro atoms. The number of rotatable bonds is 19. The van der Waals surface area contributed by atoms with Crippen LogP contribution in [0.2, 0.25) is 4.34 Å². The highest BCUT2D eigenvalue weighted by atomic mass is 35.5. The zero-order valence-electron chi connectivity index (χ0n) is 41.5. The molecule has 7 aromatic rings.